The van der Waals surface area contributed by atoms with Crippen molar-refractivity contribution in [2.75, 3.05) is 7.05 Å². The van der Waals surface area contributed by atoms with Crippen LogP contribution in [0.15, 0.2) is 53.5 Å². The molecule has 0 spiro atoms. The Kier molecular flexibility index (Phi) is 4.74. The number of likely N-dealkylation sites (N-methyl/N-ethyl adjacent to an activating group) is 1. The first kappa shape index (κ1) is 19.6. The summed E-state index contributed by atoms with van der Waals surface area (Å²) in [5.74, 6) is -1.91. The van der Waals surface area contributed by atoms with Crippen molar-refractivity contribution in [2.24, 2.45) is 10.7 Å². The normalized spacial score (nSPS) is 19.9. The zero-order valence-electron chi connectivity index (χ0n) is 14.4. The smallest absolute Gasteiger partial charge is 0.419 e. The first-order chi connectivity index (χ1) is 13.1. The molecule has 0 bridgehead atoms. The summed E-state index contributed by atoms with van der Waals surface area (Å²) in [6.45, 7) is -3.44. The van der Waals surface area contributed by atoms with Crippen LogP contribution in [-0.2, 0) is 16.5 Å². The molecule has 1 atom stereocenters. The molecular weight excluding hydrogens is 385 g/mol. The van der Waals surface area contributed by atoms with E-state index in [0.29, 0.717) is 6.07 Å². The number of ether oxygens (including phenoxy) is 1. The molecule has 1 heterocycles. The van der Waals surface area contributed by atoms with Crippen LogP contribution in [0, 0.1) is 0 Å². The molecule has 1 aliphatic rings. The highest BCUT2D eigenvalue weighted by Crippen LogP contribution is 2.44. The van der Waals surface area contributed by atoms with Crippen molar-refractivity contribution in [1.29, 1.82) is 0 Å². The maximum absolute atomic E-state index is 13.5. The van der Waals surface area contributed by atoms with E-state index in [1.807, 2.05) is 0 Å². The van der Waals surface area contributed by atoms with Gasteiger partial charge >= 0.3 is 12.8 Å². The highest BCUT2D eigenvalue weighted by Gasteiger charge is 2.50. The van der Waals surface area contributed by atoms with E-state index in [4.69, 9.17) is 5.73 Å². The summed E-state index contributed by atoms with van der Waals surface area (Å²) in [5, 5.41) is 0. The standard InChI is InChI=1S/C18H14F5N3O2/c1-26-14(27)17(25-16(26)24,10-5-3-2-4-6-10)11-7-8-13(28-15(19)20)12(9-11)18(21,22)23/h2-9,15H,1H3,(H2,24,25). The number of benzene rings is 2. The summed E-state index contributed by atoms with van der Waals surface area (Å²) < 4.78 is 69.4. The molecule has 0 saturated heterocycles. The van der Waals surface area contributed by atoms with Gasteiger partial charge in [-0.1, -0.05) is 36.4 Å². The first-order valence-corrected chi connectivity index (χ1v) is 7.93. The van der Waals surface area contributed by atoms with Crippen LogP contribution in [0.25, 0.3) is 0 Å². The fourth-order valence-electron chi connectivity index (χ4n) is 3.04. The van der Waals surface area contributed by atoms with Crippen molar-refractivity contribution in [3.05, 3.63) is 65.2 Å². The lowest BCUT2D eigenvalue weighted by Gasteiger charge is -2.27. The minimum Gasteiger partial charge on any atom is -0.434 e. The number of guanidine groups is 1. The highest BCUT2D eigenvalue weighted by atomic mass is 19.4. The molecule has 0 fully saturated rings. The van der Waals surface area contributed by atoms with E-state index in [9.17, 15) is 26.7 Å². The van der Waals surface area contributed by atoms with Crippen LogP contribution in [0.1, 0.15) is 16.7 Å². The van der Waals surface area contributed by atoms with E-state index in [-0.39, 0.29) is 17.1 Å². The maximum atomic E-state index is 13.5. The Morgan fingerprint density at radius 2 is 1.75 bits per heavy atom. The Balaban J connectivity index is 2.27. The Bertz CT molecular complexity index is 931. The van der Waals surface area contributed by atoms with Gasteiger partial charge in [0.1, 0.15) is 5.75 Å². The number of halogens is 5. The molecule has 2 aromatic carbocycles. The van der Waals surface area contributed by atoms with E-state index in [1.165, 1.54) is 19.2 Å². The minimum atomic E-state index is -5.00. The predicted octanol–water partition coefficient (Wildman–Crippen LogP) is 3.34. The Labute approximate surface area is 156 Å². The van der Waals surface area contributed by atoms with E-state index in [2.05, 4.69) is 9.73 Å². The molecule has 148 valence electrons. The lowest BCUT2D eigenvalue weighted by molar-refractivity contribution is -0.142. The van der Waals surface area contributed by atoms with Crippen LogP contribution in [0.4, 0.5) is 22.0 Å². The number of nitrogens with zero attached hydrogens (tertiary/aromatic N) is 2. The topological polar surface area (TPSA) is 67.9 Å². The molecule has 0 radical (unpaired) electrons. The quantitative estimate of drug-likeness (QED) is 0.802. The number of nitrogens with two attached hydrogens (primary N) is 1. The van der Waals surface area contributed by atoms with Gasteiger partial charge in [-0.2, -0.15) is 22.0 Å². The second kappa shape index (κ2) is 6.77. The van der Waals surface area contributed by atoms with Crippen LogP contribution in [0.3, 0.4) is 0 Å². The fourth-order valence-corrected chi connectivity index (χ4v) is 3.04. The predicted molar refractivity (Wildman–Crippen MR) is 89.7 cm³/mol. The van der Waals surface area contributed by atoms with Gasteiger partial charge in [-0.05, 0) is 23.3 Å². The van der Waals surface area contributed by atoms with Gasteiger partial charge in [0.2, 0.25) is 0 Å². The highest BCUT2D eigenvalue weighted by molar-refractivity contribution is 6.08. The van der Waals surface area contributed by atoms with Crippen molar-refractivity contribution in [3.8, 4) is 5.75 Å². The molecule has 1 amide bonds. The second-order valence-electron chi connectivity index (χ2n) is 6.00. The summed E-state index contributed by atoms with van der Waals surface area (Å²) >= 11 is 0. The van der Waals surface area contributed by atoms with Crippen molar-refractivity contribution in [2.45, 2.75) is 18.3 Å². The molecule has 0 aliphatic carbocycles. The molecule has 2 N–H and O–H groups in total. The zero-order valence-corrected chi connectivity index (χ0v) is 14.4. The van der Waals surface area contributed by atoms with Crippen LogP contribution in [0.2, 0.25) is 0 Å². The SMILES string of the molecule is CN1C(=O)C(c2ccccc2)(c2ccc(OC(F)F)c(C(F)(F)F)c2)N=C1N. The summed E-state index contributed by atoms with van der Waals surface area (Å²) in [7, 11) is 1.34. The van der Waals surface area contributed by atoms with Crippen molar-refractivity contribution >= 4 is 11.9 Å². The number of rotatable bonds is 4. The molecule has 3 rings (SSSR count). The fraction of sp³-hybridized carbons (Fsp3) is 0.222. The third-order valence-electron chi connectivity index (χ3n) is 4.35. The van der Waals surface area contributed by atoms with Crippen LogP contribution < -0.4 is 10.5 Å². The Morgan fingerprint density at radius 3 is 2.25 bits per heavy atom. The number of alkyl halides is 5. The summed E-state index contributed by atoms with van der Waals surface area (Å²) in [4.78, 5) is 18.1. The second-order valence-corrected chi connectivity index (χ2v) is 6.00. The third-order valence-corrected chi connectivity index (χ3v) is 4.35. The van der Waals surface area contributed by atoms with Gasteiger partial charge < -0.3 is 10.5 Å². The number of carbonyl (C=O) groups is 1. The molecular formula is C18H14F5N3O2. The van der Waals surface area contributed by atoms with E-state index in [1.54, 1.807) is 18.2 Å². The van der Waals surface area contributed by atoms with Gasteiger partial charge in [0, 0.05) is 7.05 Å². The molecule has 28 heavy (non-hydrogen) atoms. The number of hydrogen-bond donors (Lipinski definition) is 1. The molecule has 1 unspecified atom stereocenters. The summed E-state index contributed by atoms with van der Waals surface area (Å²) in [5.41, 5.74) is 2.53. The lowest BCUT2D eigenvalue weighted by atomic mass is 9.82. The van der Waals surface area contributed by atoms with Crippen molar-refractivity contribution in [1.82, 2.24) is 4.90 Å². The Hall–Kier alpha value is -3.17. The van der Waals surface area contributed by atoms with Gasteiger partial charge in [0.15, 0.2) is 11.5 Å². The lowest BCUT2D eigenvalue weighted by Crippen LogP contribution is -2.41. The van der Waals surface area contributed by atoms with E-state index >= 15 is 0 Å². The monoisotopic (exact) mass is 399 g/mol. The average molecular weight is 399 g/mol. The number of amides is 1. The van der Waals surface area contributed by atoms with Crippen LogP contribution in [-0.4, -0.2) is 30.4 Å². The number of aliphatic imine (C=N–C) groups is 1. The van der Waals surface area contributed by atoms with E-state index < -0.39 is 35.5 Å². The number of hydrogen-bond acceptors (Lipinski definition) is 4. The van der Waals surface area contributed by atoms with Gasteiger partial charge in [0.05, 0.1) is 5.56 Å². The van der Waals surface area contributed by atoms with Crippen molar-refractivity contribution < 1.29 is 31.5 Å². The van der Waals surface area contributed by atoms with Crippen LogP contribution >= 0.6 is 0 Å². The molecule has 0 aromatic heterocycles. The van der Waals surface area contributed by atoms with Gasteiger partial charge in [0.25, 0.3) is 5.91 Å². The van der Waals surface area contributed by atoms with Gasteiger partial charge in [-0.15, -0.1) is 0 Å². The molecule has 0 saturated carbocycles. The summed E-state index contributed by atoms with van der Waals surface area (Å²) in [6.07, 6.45) is -5.00. The van der Waals surface area contributed by atoms with Gasteiger partial charge in [-0.25, -0.2) is 4.99 Å². The average Bonchev–Trinajstić information content (AvgIpc) is 2.86. The van der Waals surface area contributed by atoms with Gasteiger partial charge in [-0.3, -0.25) is 9.69 Å². The first-order valence-electron chi connectivity index (χ1n) is 7.93. The number of carbonyl (C=O) groups excluding carboxylic acids is 1. The van der Waals surface area contributed by atoms with Crippen LogP contribution in [0.5, 0.6) is 5.75 Å². The largest absolute Gasteiger partial charge is 0.434 e. The zero-order chi connectivity index (χ0) is 20.7. The third kappa shape index (κ3) is 3.14. The molecule has 2 aromatic rings. The maximum Gasteiger partial charge on any atom is 0.419 e. The molecule has 1 aliphatic heterocycles. The summed E-state index contributed by atoms with van der Waals surface area (Å²) in [6, 6.07) is 10.3. The minimum absolute atomic E-state index is 0.176. The van der Waals surface area contributed by atoms with Crippen molar-refractivity contribution in [3.63, 3.8) is 0 Å². The Morgan fingerprint density at radius 1 is 1.11 bits per heavy atom. The molecule has 10 heteroatoms. The van der Waals surface area contributed by atoms with E-state index in [0.717, 1.165) is 17.0 Å². The molecule has 5 nitrogen and oxygen atoms in total.